The fraction of sp³-hybridized carbons (Fsp3) is 0.308. The summed E-state index contributed by atoms with van der Waals surface area (Å²) in [6, 6.07) is 4.84. The summed E-state index contributed by atoms with van der Waals surface area (Å²) in [4.78, 5) is 19.0. The molecule has 2 heterocycles. The molecule has 6 heteroatoms. The standard InChI is InChI=1S/C13H15N3O3/c1-8-6-15-12(19-8)9(2)14-7-10-4-3-5-11(16-10)13(17)18/h3-6,9,14H,7H2,1-2H3,(H,17,18). The van der Waals surface area contributed by atoms with Crippen molar-refractivity contribution < 1.29 is 14.3 Å². The van der Waals surface area contributed by atoms with Crippen molar-refractivity contribution in [1.29, 1.82) is 0 Å². The van der Waals surface area contributed by atoms with Crippen LogP contribution in [0.4, 0.5) is 0 Å². The molecule has 1 unspecified atom stereocenters. The first-order chi connectivity index (χ1) is 9.06. The minimum atomic E-state index is -1.03. The molecule has 0 aromatic carbocycles. The van der Waals surface area contributed by atoms with Gasteiger partial charge in [-0.25, -0.2) is 14.8 Å². The second-order valence-electron chi connectivity index (χ2n) is 4.23. The van der Waals surface area contributed by atoms with E-state index in [4.69, 9.17) is 9.52 Å². The predicted molar refractivity (Wildman–Crippen MR) is 67.7 cm³/mol. The van der Waals surface area contributed by atoms with Crippen molar-refractivity contribution >= 4 is 5.97 Å². The number of aromatic nitrogens is 2. The molecule has 0 amide bonds. The Hall–Kier alpha value is -2.21. The molecule has 2 aromatic rings. The lowest BCUT2D eigenvalue weighted by molar-refractivity contribution is 0.0690. The van der Waals surface area contributed by atoms with Crippen molar-refractivity contribution in [2.24, 2.45) is 0 Å². The van der Waals surface area contributed by atoms with E-state index in [0.29, 0.717) is 18.1 Å². The minimum absolute atomic E-state index is 0.0407. The molecule has 2 N–H and O–H groups in total. The predicted octanol–water partition coefficient (Wildman–Crippen LogP) is 1.93. The average Bonchev–Trinajstić information content (AvgIpc) is 2.83. The van der Waals surface area contributed by atoms with Crippen molar-refractivity contribution in [2.45, 2.75) is 26.4 Å². The van der Waals surface area contributed by atoms with Gasteiger partial charge in [0.15, 0.2) is 0 Å². The lowest BCUT2D eigenvalue weighted by Crippen LogP contribution is -2.19. The van der Waals surface area contributed by atoms with Crippen molar-refractivity contribution in [3.05, 3.63) is 47.4 Å². The van der Waals surface area contributed by atoms with E-state index in [1.165, 1.54) is 6.07 Å². The summed E-state index contributed by atoms with van der Waals surface area (Å²) in [6.45, 7) is 4.21. The molecule has 0 aliphatic carbocycles. The van der Waals surface area contributed by atoms with Gasteiger partial charge >= 0.3 is 5.97 Å². The maximum atomic E-state index is 10.8. The van der Waals surface area contributed by atoms with Crippen LogP contribution in [0.15, 0.2) is 28.8 Å². The van der Waals surface area contributed by atoms with Crippen molar-refractivity contribution in [3.8, 4) is 0 Å². The number of nitrogens with one attached hydrogen (secondary N) is 1. The van der Waals surface area contributed by atoms with E-state index < -0.39 is 5.97 Å². The first-order valence-corrected chi connectivity index (χ1v) is 5.91. The normalized spacial score (nSPS) is 12.3. The smallest absolute Gasteiger partial charge is 0.354 e. The molecular weight excluding hydrogens is 246 g/mol. The zero-order valence-electron chi connectivity index (χ0n) is 10.8. The van der Waals surface area contributed by atoms with E-state index in [1.807, 2.05) is 13.8 Å². The molecule has 100 valence electrons. The highest BCUT2D eigenvalue weighted by Gasteiger charge is 2.11. The van der Waals surface area contributed by atoms with Gasteiger partial charge in [0.25, 0.3) is 0 Å². The molecule has 2 rings (SSSR count). The Morgan fingerprint density at radius 1 is 1.53 bits per heavy atom. The topological polar surface area (TPSA) is 88.2 Å². The van der Waals surface area contributed by atoms with Crippen LogP contribution in [0.1, 0.15) is 40.8 Å². The number of oxazole rings is 1. The Bertz CT molecular complexity index is 580. The number of carbonyl (C=O) groups is 1. The molecule has 0 saturated carbocycles. The van der Waals surface area contributed by atoms with Crippen LogP contribution in [0.3, 0.4) is 0 Å². The Balaban J connectivity index is 1.98. The third-order valence-electron chi connectivity index (χ3n) is 2.62. The summed E-state index contributed by atoms with van der Waals surface area (Å²) in [7, 11) is 0. The molecular formula is C13H15N3O3. The van der Waals surface area contributed by atoms with Gasteiger partial charge in [-0.1, -0.05) is 6.07 Å². The lowest BCUT2D eigenvalue weighted by Gasteiger charge is -2.10. The van der Waals surface area contributed by atoms with Gasteiger partial charge in [-0.05, 0) is 26.0 Å². The van der Waals surface area contributed by atoms with Crippen LogP contribution in [-0.4, -0.2) is 21.0 Å². The molecule has 0 aliphatic heterocycles. The number of aromatic carboxylic acids is 1. The average molecular weight is 261 g/mol. The van der Waals surface area contributed by atoms with Gasteiger partial charge in [0.2, 0.25) is 5.89 Å². The van der Waals surface area contributed by atoms with E-state index in [-0.39, 0.29) is 11.7 Å². The quantitative estimate of drug-likeness (QED) is 0.855. The van der Waals surface area contributed by atoms with Gasteiger partial charge in [0.1, 0.15) is 11.5 Å². The molecule has 2 aromatic heterocycles. The van der Waals surface area contributed by atoms with Crippen LogP contribution in [0.25, 0.3) is 0 Å². The monoisotopic (exact) mass is 261 g/mol. The third kappa shape index (κ3) is 3.38. The van der Waals surface area contributed by atoms with Gasteiger partial charge in [0.05, 0.1) is 17.9 Å². The highest BCUT2D eigenvalue weighted by molar-refractivity contribution is 5.85. The van der Waals surface area contributed by atoms with E-state index in [9.17, 15) is 4.79 Å². The van der Waals surface area contributed by atoms with Crippen molar-refractivity contribution in [1.82, 2.24) is 15.3 Å². The zero-order chi connectivity index (χ0) is 13.8. The van der Waals surface area contributed by atoms with Gasteiger partial charge in [-0.3, -0.25) is 0 Å². The number of aryl methyl sites for hydroxylation is 1. The van der Waals surface area contributed by atoms with Gasteiger partial charge < -0.3 is 14.8 Å². The summed E-state index contributed by atoms with van der Waals surface area (Å²) in [6.07, 6.45) is 1.66. The Morgan fingerprint density at radius 3 is 2.95 bits per heavy atom. The van der Waals surface area contributed by atoms with Crippen LogP contribution in [0.2, 0.25) is 0 Å². The molecule has 0 bridgehead atoms. The summed E-state index contributed by atoms with van der Waals surface area (Å²) >= 11 is 0. The molecule has 0 aliphatic rings. The van der Waals surface area contributed by atoms with Crippen molar-refractivity contribution in [2.75, 3.05) is 0 Å². The largest absolute Gasteiger partial charge is 0.477 e. The molecule has 19 heavy (non-hydrogen) atoms. The maximum absolute atomic E-state index is 10.8. The van der Waals surface area contributed by atoms with E-state index >= 15 is 0 Å². The summed E-state index contributed by atoms with van der Waals surface area (Å²) in [5.74, 6) is 0.333. The lowest BCUT2D eigenvalue weighted by atomic mass is 10.2. The Labute approximate surface area is 110 Å². The number of hydrogen-bond donors (Lipinski definition) is 2. The Kier molecular flexibility index (Phi) is 3.91. The first-order valence-electron chi connectivity index (χ1n) is 5.91. The second-order valence-corrected chi connectivity index (χ2v) is 4.23. The van der Waals surface area contributed by atoms with Gasteiger partial charge in [0, 0.05) is 6.54 Å². The molecule has 1 atom stereocenters. The van der Waals surface area contributed by atoms with Crippen LogP contribution < -0.4 is 5.32 Å². The summed E-state index contributed by atoms with van der Waals surface area (Å²) < 4.78 is 5.41. The fourth-order valence-corrected chi connectivity index (χ4v) is 1.61. The molecule has 0 fully saturated rings. The minimum Gasteiger partial charge on any atom is -0.477 e. The van der Waals surface area contributed by atoms with Crippen LogP contribution in [0.5, 0.6) is 0 Å². The highest BCUT2D eigenvalue weighted by Crippen LogP contribution is 2.12. The van der Waals surface area contributed by atoms with Crippen LogP contribution in [-0.2, 0) is 6.54 Å². The highest BCUT2D eigenvalue weighted by atomic mass is 16.4. The number of nitrogens with zero attached hydrogens (tertiary/aromatic N) is 2. The van der Waals surface area contributed by atoms with Crippen LogP contribution >= 0.6 is 0 Å². The fourth-order valence-electron chi connectivity index (χ4n) is 1.61. The van der Waals surface area contributed by atoms with E-state index in [0.717, 1.165) is 5.76 Å². The van der Waals surface area contributed by atoms with E-state index in [2.05, 4.69) is 15.3 Å². The number of pyridine rings is 1. The SMILES string of the molecule is Cc1cnc(C(C)NCc2cccc(C(=O)O)n2)o1. The number of rotatable bonds is 5. The van der Waals surface area contributed by atoms with Gasteiger partial charge in [-0.2, -0.15) is 0 Å². The number of carboxylic acids is 1. The number of carboxylic acid groups (broad SMARTS) is 1. The first kappa shape index (κ1) is 13.2. The van der Waals surface area contributed by atoms with Gasteiger partial charge in [-0.15, -0.1) is 0 Å². The molecule has 0 spiro atoms. The van der Waals surface area contributed by atoms with Crippen LogP contribution in [0, 0.1) is 6.92 Å². The molecule has 6 nitrogen and oxygen atoms in total. The van der Waals surface area contributed by atoms with Crippen molar-refractivity contribution in [3.63, 3.8) is 0 Å². The molecule has 0 saturated heterocycles. The Morgan fingerprint density at radius 2 is 2.32 bits per heavy atom. The third-order valence-corrected chi connectivity index (χ3v) is 2.62. The maximum Gasteiger partial charge on any atom is 0.354 e. The zero-order valence-corrected chi connectivity index (χ0v) is 10.8. The molecule has 0 radical (unpaired) electrons. The summed E-state index contributed by atoms with van der Waals surface area (Å²) in [5.41, 5.74) is 0.703. The number of hydrogen-bond acceptors (Lipinski definition) is 5. The summed E-state index contributed by atoms with van der Waals surface area (Å²) in [5, 5.41) is 12.0. The van der Waals surface area contributed by atoms with E-state index in [1.54, 1.807) is 18.3 Å². The second kappa shape index (κ2) is 5.62.